The molecule has 4 nitrogen and oxygen atoms in total. The molecular formula is C8H9BrN2O2. The maximum absolute atomic E-state index is 10.9. The molecule has 1 heterocycles. The molecule has 0 aromatic carbocycles. The van der Waals surface area contributed by atoms with E-state index in [4.69, 9.17) is 4.74 Å². The standard InChI is InChI=1S/C8H9BrN2O2/c1-13-8-3-2-6(5-10-8)11-7(12)4-9/h2-3,5H,4H2,1H3,(H,11,12). The van der Waals surface area contributed by atoms with Gasteiger partial charge in [-0.2, -0.15) is 0 Å². The normalized spacial score (nSPS) is 9.38. The van der Waals surface area contributed by atoms with E-state index in [2.05, 4.69) is 26.2 Å². The Morgan fingerprint density at radius 2 is 2.46 bits per heavy atom. The van der Waals surface area contributed by atoms with Gasteiger partial charge in [0, 0.05) is 6.07 Å². The van der Waals surface area contributed by atoms with Crippen molar-refractivity contribution in [2.24, 2.45) is 0 Å². The molecule has 0 aliphatic carbocycles. The molecule has 0 bridgehead atoms. The average Bonchev–Trinajstić information content (AvgIpc) is 2.19. The van der Waals surface area contributed by atoms with E-state index in [1.54, 1.807) is 25.4 Å². The summed E-state index contributed by atoms with van der Waals surface area (Å²) >= 11 is 3.04. The molecule has 0 spiro atoms. The van der Waals surface area contributed by atoms with E-state index in [1.807, 2.05) is 0 Å². The fraction of sp³-hybridized carbons (Fsp3) is 0.250. The lowest BCUT2D eigenvalue weighted by atomic mass is 10.4. The number of pyridine rings is 1. The first-order valence-electron chi connectivity index (χ1n) is 3.62. The number of carbonyl (C=O) groups excluding carboxylic acids is 1. The van der Waals surface area contributed by atoms with E-state index in [-0.39, 0.29) is 11.2 Å². The molecule has 0 saturated heterocycles. The Hall–Kier alpha value is -1.10. The summed E-state index contributed by atoms with van der Waals surface area (Å²) in [4.78, 5) is 14.9. The highest BCUT2D eigenvalue weighted by molar-refractivity contribution is 9.09. The Kier molecular flexibility index (Phi) is 3.70. The number of aromatic nitrogens is 1. The van der Waals surface area contributed by atoms with Crippen LogP contribution in [0.5, 0.6) is 5.88 Å². The van der Waals surface area contributed by atoms with Crippen LogP contribution in [-0.2, 0) is 4.79 Å². The van der Waals surface area contributed by atoms with Gasteiger partial charge in [-0.1, -0.05) is 15.9 Å². The predicted octanol–water partition coefficient (Wildman–Crippen LogP) is 1.42. The Morgan fingerprint density at radius 1 is 1.69 bits per heavy atom. The summed E-state index contributed by atoms with van der Waals surface area (Å²) in [6.45, 7) is 0. The number of hydrogen-bond acceptors (Lipinski definition) is 3. The van der Waals surface area contributed by atoms with Crippen LogP contribution < -0.4 is 10.1 Å². The molecule has 1 N–H and O–H groups in total. The van der Waals surface area contributed by atoms with Crippen molar-refractivity contribution in [2.45, 2.75) is 0 Å². The molecule has 0 atom stereocenters. The SMILES string of the molecule is COc1ccc(NC(=O)CBr)cn1. The molecule has 1 aromatic rings. The number of amides is 1. The predicted molar refractivity (Wildman–Crippen MR) is 53.2 cm³/mol. The number of nitrogens with one attached hydrogen (secondary N) is 1. The van der Waals surface area contributed by atoms with Crippen molar-refractivity contribution in [3.63, 3.8) is 0 Å². The Balaban J connectivity index is 2.64. The third-order valence-corrected chi connectivity index (χ3v) is 1.86. The third kappa shape index (κ3) is 3.02. The van der Waals surface area contributed by atoms with Gasteiger partial charge in [0.15, 0.2) is 0 Å². The number of carbonyl (C=O) groups is 1. The van der Waals surface area contributed by atoms with Gasteiger partial charge in [0.25, 0.3) is 0 Å². The maximum atomic E-state index is 10.9. The lowest BCUT2D eigenvalue weighted by Crippen LogP contribution is -2.12. The molecule has 0 fully saturated rings. The highest BCUT2D eigenvalue weighted by atomic mass is 79.9. The van der Waals surface area contributed by atoms with Gasteiger partial charge in [-0.15, -0.1) is 0 Å². The fourth-order valence-corrected chi connectivity index (χ4v) is 0.910. The first-order chi connectivity index (χ1) is 6.26. The maximum Gasteiger partial charge on any atom is 0.235 e. The monoisotopic (exact) mass is 244 g/mol. The zero-order chi connectivity index (χ0) is 9.68. The molecule has 5 heteroatoms. The molecule has 0 radical (unpaired) electrons. The summed E-state index contributed by atoms with van der Waals surface area (Å²) in [6, 6.07) is 3.41. The summed E-state index contributed by atoms with van der Waals surface area (Å²) in [5, 5.41) is 2.92. The van der Waals surface area contributed by atoms with Gasteiger partial charge in [-0.05, 0) is 6.07 Å². The second-order valence-corrected chi connectivity index (χ2v) is 2.83. The van der Waals surface area contributed by atoms with E-state index < -0.39 is 0 Å². The van der Waals surface area contributed by atoms with Gasteiger partial charge in [-0.25, -0.2) is 4.98 Å². The van der Waals surface area contributed by atoms with Gasteiger partial charge in [0.05, 0.1) is 24.3 Å². The molecular weight excluding hydrogens is 236 g/mol. The smallest absolute Gasteiger partial charge is 0.235 e. The third-order valence-electron chi connectivity index (χ3n) is 1.35. The average molecular weight is 245 g/mol. The molecule has 1 aromatic heterocycles. The van der Waals surface area contributed by atoms with Crippen molar-refractivity contribution in [1.82, 2.24) is 4.98 Å². The molecule has 70 valence electrons. The Bertz CT molecular complexity index is 287. The second kappa shape index (κ2) is 4.81. The quantitative estimate of drug-likeness (QED) is 0.819. The van der Waals surface area contributed by atoms with Crippen molar-refractivity contribution < 1.29 is 9.53 Å². The van der Waals surface area contributed by atoms with Crippen molar-refractivity contribution in [3.8, 4) is 5.88 Å². The fourth-order valence-electron chi connectivity index (χ4n) is 0.769. The van der Waals surface area contributed by atoms with Crippen molar-refractivity contribution >= 4 is 27.5 Å². The Morgan fingerprint density at radius 3 is 2.92 bits per heavy atom. The van der Waals surface area contributed by atoms with Crippen molar-refractivity contribution in [1.29, 1.82) is 0 Å². The molecule has 13 heavy (non-hydrogen) atoms. The molecule has 0 unspecified atom stereocenters. The van der Waals surface area contributed by atoms with Crippen LogP contribution in [-0.4, -0.2) is 23.3 Å². The van der Waals surface area contributed by atoms with Crippen molar-refractivity contribution in [3.05, 3.63) is 18.3 Å². The molecule has 0 aliphatic heterocycles. The van der Waals surface area contributed by atoms with E-state index in [1.165, 1.54) is 0 Å². The second-order valence-electron chi connectivity index (χ2n) is 2.27. The number of halogens is 1. The molecule has 0 aliphatic rings. The number of rotatable bonds is 3. The lowest BCUT2D eigenvalue weighted by Gasteiger charge is -2.02. The van der Waals surface area contributed by atoms with Gasteiger partial charge in [0.1, 0.15) is 0 Å². The minimum Gasteiger partial charge on any atom is -0.481 e. The topological polar surface area (TPSA) is 51.2 Å². The van der Waals surface area contributed by atoms with Crippen LogP contribution >= 0.6 is 15.9 Å². The summed E-state index contributed by atoms with van der Waals surface area (Å²) in [7, 11) is 1.54. The van der Waals surface area contributed by atoms with E-state index in [9.17, 15) is 4.79 Å². The van der Waals surface area contributed by atoms with Crippen LogP contribution in [0.2, 0.25) is 0 Å². The largest absolute Gasteiger partial charge is 0.481 e. The van der Waals surface area contributed by atoms with Gasteiger partial charge < -0.3 is 10.1 Å². The van der Waals surface area contributed by atoms with Gasteiger partial charge >= 0.3 is 0 Å². The minimum absolute atomic E-state index is 0.105. The van der Waals surface area contributed by atoms with Crippen LogP contribution in [0.4, 0.5) is 5.69 Å². The first-order valence-corrected chi connectivity index (χ1v) is 4.74. The first kappa shape index (κ1) is 9.98. The van der Waals surface area contributed by atoms with Crippen LogP contribution in [0.3, 0.4) is 0 Å². The number of anilines is 1. The van der Waals surface area contributed by atoms with E-state index in [0.29, 0.717) is 11.6 Å². The molecule has 1 amide bonds. The summed E-state index contributed by atoms with van der Waals surface area (Å²) in [5.74, 6) is 0.420. The zero-order valence-corrected chi connectivity index (χ0v) is 8.67. The van der Waals surface area contributed by atoms with Crippen LogP contribution in [0, 0.1) is 0 Å². The summed E-state index contributed by atoms with van der Waals surface area (Å²) < 4.78 is 4.87. The summed E-state index contributed by atoms with van der Waals surface area (Å²) in [6.07, 6.45) is 1.54. The zero-order valence-electron chi connectivity index (χ0n) is 7.08. The lowest BCUT2D eigenvalue weighted by molar-refractivity contribution is -0.113. The van der Waals surface area contributed by atoms with E-state index in [0.717, 1.165) is 0 Å². The van der Waals surface area contributed by atoms with Crippen LogP contribution in [0.25, 0.3) is 0 Å². The molecule has 0 saturated carbocycles. The minimum atomic E-state index is -0.105. The van der Waals surface area contributed by atoms with Crippen LogP contribution in [0.1, 0.15) is 0 Å². The molecule has 1 rings (SSSR count). The highest BCUT2D eigenvalue weighted by Crippen LogP contribution is 2.10. The van der Waals surface area contributed by atoms with Gasteiger partial charge in [0.2, 0.25) is 11.8 Å². The van der Waals surface area contributed by atoms with E-state index >= 15 is 0 Å². The van der Waals surface area contributed by atoms with Gasteiger partial charge in [-0.3, -0.25) is 4.79 Å². The number of hydrogen-bond donors (Lipinski definition) is 1. The highest BCUT2D eigenvalue weighted by Gasteiger charge is 1.99. The summed E-state index contributed by atoms with van der Waals surface area (Å²) in [5.41, 5.74) is 0.658. The number of methoxy groups -OCH3 is 1. The number of alkyl halides is 1. The van der Waals surface area contributed by atoms with Crippen molar-refractivity contribution in [2.75, 3.05) is 17.8 Å². The van der Waals surface area contributed by atoms with Crippen LogP contribution in [0.15, 0.2) is 18.3 Å². The number of ether oxygens (including phenoxy) is 1. The Labute approximate surface area is 84.4 Å². The number of nitrogens with zero attached hydrogens (tertiary/aromatic N) is 1.